The van der Waals surface area contributed by atoms with Crippen molar-refractivity contribution in [2.45, 2.75) is 92.4 Å². The summed E-state index contributed by atoms with van der Waals surface area (Å²) in [5.74, 6) is 0. The molecular formula is C68H59NO2. The van der Waals surface area contributed by atoms with Crippen LogP contribution in [-0.4, -0.2) is 0 Å². The minimum absolute atomic E-state index is 0.0208. The Labute approximate surface area is 417 Å². The van der Waals surface area contributed by atoms with Crippen LogP contribution in [0.5, 0.6) is 0 Å². The standard InChI is InChI=1S/C68H59NO2/c1-38-20-22-40(3)50(32-38)52-36-56-60(62-48-16-12-14-18-58(48)70-64(52)62)46-30-28-44(34-54(46)67(56,8)9)69(43-26-24-42(25-27-43)66(5,6)7)45-29-31-47-55(35-45)68(10,11)57-37-53(51-33-39(2)21-23-41(51)4)65-63(61(47)57)49-17-13-15-19-59(49)71-65/h12-37H,1-11H3. The highest BCUT2D eigenvalue weighted by atomic mass is 16.3. The van der Waals surface area contributed by atoms with Crippen LogP contribution in [0.3, 0.4) is 0 Å². The first kappa shape index (κ1) is 43.4. The van der Waals surface area contributed by atoms with Gasteiger partial charge in [0.05, 0.1) is 0 Å². The Kier molecular flexibility index (Phi) is 9.14. The minimum Gasteiger partial charge on any atom is -0.455 e. The number of para-hydroxylation sites is 2. The summed E-state index contributed by atoms with van der Waals surface area (Å²) in [5.41, 5.74) is 27.9. The first-order valence-corrected chi connectivity index (χ1v) is 25.3. The van der Waals surface area contributed by atoms with E-state index >= 15 is 0 Å². The van der Waals surface area contributed by atoms with Crippen LogP contribution < -0.4 is 4.90 Å². The monoisotopic (exact) mass is 921 g/mol. The van der Waals surface area contributed by atoms with Gasteiger partial charge in [-0.05, 0) is 166 Å². The first-order chi connectivity index (χ1) is 34.0. The van der Waals surface area contributed by atoms with E-state index in [0.717, 1.165) is 61.3 Å². The van der Waals surface area contributed by atoms with E-state index in [1.54, 1.807) is 0 Å². The van der Waals surface area contributed by atoms with Crippen LogP contribution in [0.2, 0.25) is 0 Å². The quantitative estimate of drug-likeness (QED) is 0.172. The second-order valence-electron chi connectivity index (χ2n) is 22.8. The van der Waals surface area contributed by atoms with E-state index in [0.29, 0.717) is 0 Å². The maximum absolute atomic E-state index is 6.89. The van der Waals surface area contributed by atoms with Gasteiger partial charge in [-0.1, -0.05) is 157 Å². The molecule has 0 saturated heterocycles. The summed E-state index contributed by atoms with van der Waals surface area (Å²) in [5, 5.41) is 4.71. The molecule has 0 radical (unpaired) electrons. The molecule has 13 rings (SSSR count). The smallest absolute Gasteiger partial charge is 0.143 e. The summed E-state index contributed by atoms with van der Waals surface area (Å²) in [7, 11) is 0. The predicted molar refractivity (Wildman–Crippen MR) is 299 cm³/mol. The van der Waals surface area contributed by atoms with Crippen LogP contribution in [0.25, 0.3) is 88.4 Å². The topological polar surface area (TPSA) is 29.5 Å². The molecule has 2 aliphatic carbocycles. The third kappa shape index (κ3) is 6.27. The molecule has 9 aromatic carbocycles. The molecular weight excluding hydrogens is 863 g/mol. The van der Waals surface area contributed by atoms with E-state index in [-0.39, 0.29) is 16.2 Å². The molecule has 0 amide bonds. The lowest BCUT2D eigenvalue weighted by Gasteiger charge is -2.30. The maximum Gasteiger partial charge on any atom is 0.143 e. The van der Waals surface area contributed by atoms with Gasteiger partial charge in [0.15, 0.2) is 0 Å². The SMILES string of the molecule is Cc1ccc(C)c(-c2cc3c(c4c2oc2ccccc24)-c2ccc(N(c4ccc(C(C)(C)C)cc4)c4ccc5c(c4)C(C)(C)c4cc(-c6cc(C)ccc6C)c6oc7ccccc7c6c4-5)cc2C3(C)C)c1. The number of aryl methyl sites for hydroxylation is 4. The van der Waals surface area contributed by atoms with E-state index in [1.807, 2.05) is 0 Å². The molecule has 0 fully saturated rings. The van der Waals surface area contributed by atoms with E-state index in [9.17, 15) is 0 Å². The van der Waals surface area contributed by atoms with Crippen LogP contribution >= 0.6 is 0 Å². The average Bonchev–Trinajstić information content (AvgIpc) is 4.05. The summed E-state index contributed by atoms with van der Waals surface area (Å²) in [6, 6.07) is 59.2. The van der Waals surface area contributed by atoms with Crippen molar-refractivity contribution in [2.75, 3.05) is 4.90 Å². The highest BCUT2D eigenvalue weighted by molar-refractivity contribution is 6.20. The zero-order valence-electron chi connectivity index (χ0n) is 42.8. The fourth-order valence-electron chi connectivity index (χ4n) is 12.5. The van der Waals surface area contributed by atoms with Gasteiger partial charge in [-0.3, -0.25) is 0 Å². The van der Waals surface area contributed by atoms with Gasteiger partial charge in [0.2, 0.25) is 0 Å². The summed E-state index contributed by atoms with van der Waals surface area (Å²) >= 11 is 0. The molecule has 0 unspecified atom stereocenters. The maximum atomic E-state index is 6.89. The predicted octanol–water partition coefficient (Wildman–Crippen LogP) is 19.4. The van der Waals surface area contributed by atoms with Crippen molar-refractivity contribution in [3.8, 4) is 44.5 Å². The minimum atomic E-state index is -0.310. The third-order valence-corrected chi connectivity index (χ3v) is 16.4. The molecule has 2 heterocycles. The van der Waals surface area contributed by atoms with Crippen molar-refractivity contribution in [2.24, 2.45) is 0 Å². The number of rotatable bonds is 5. The zero-order valence-corrected chi connectivity index (χ0v) is 42.8. The fraction of sp³-hybridized carbons (Fsp3) is 0.206. The van der Waals surface area contributed by atoms with Gasteiger partial charge in [-0.2, -0.15) is 0 Å². The second-order valence-corrected chi connectivity index (χ2v) is 22.8. The average molecular weight is 922 g/mol. The molecule has 348 valence electrons. The number of benzene rings is 9. The molecule has 0 N–H and O–H groups in total. The molecule has 0 bridgehead atoms. The number of hydrogen-bond donors (Lipinski definition) is 0. The largest absolute Gasteiger partial charge is 0.455 e. The van der Waals surface area contributed by atoms with Crippen LogP contribution in [0, 0.1) is 27.7 Å². The molecule has 2 aromatic heterocycles. The summed E-state index contributed by atoms with van der Waals surface area (Å²) in [4.78, 5) is 2.49. The van der Waals surface area contributed by atoms with Crippen molar-refractivity contribution in [3.63, 3.8) is 0 Å². The summed E-state index contributed by atoms with van der Waals surface area (Å²) in [6.07, 6.45) is 0. The Bertz CT molecular complexity index is 3830. The highest BCUT2D eigenvalue weighted by Crippen LogP contribution is 2.59. The Morgan fingerprint density at radius 3 is 1.25 bits per heavy atom. The van der Waals surface area contributed by atoms with Crippen LogP contribution in [0.4, 0.5) is 17.1 Å². The van der Waals surface area contributed by atoms with Crippen LogP contribution in [-0.2, 0) is 16.2 Å². The third-order valence-electron chi connectivity index (χ3n) is 16.4. The van der Waals surface area contributed by atoms with Gasteiger partial charge in [0.1, 0.15) is 22.3 Å². The van der Waals surface area contributed by atoms with Gasteiger partial charge in [-0.25, -0.2) is 0 Å². The highest BCUT2D eigenvalue weighted by Gasteiger charge is 2.42. The normalized spacial score (nSPS) is 14.4. The van der Waals surface area contributed by atoms with Gasteiger partial charge in [-0.15, -0.1) is 0 Å². The Balaban J connectivity index is 1.02. The number of hydrogen-bond acceptors (Lipinski definition) is 3. The van der Waals surface area contributed by atoms with E-state index in [1.165, 1.54) is 94.2 Å². The molecule has 0 spiro atoms. The molecule has 71 heavy (non-hydrogen) atoms. The summed E-state index contributed by atoms with van der Waals surface area (Å²) < 4.78 is 13.8. The number of furan rings is 2. The van der Waals surface area contributed by atoms with Crippen LogP contribution in [0.15, 0.2) is 167 Å². The second kappa shape index (κ2) is 15.0. The molecule has 11 aromatic rings. The first-order valence-electron chi connectivity index (χ1n) is 25.3. The lowest BCUT2D eigenvalue weighted by Crippen LogP contribution is -2.18. The number of nitrogens with zero attached hydrogens (tertiary/aromatic N) is 1. The lowest BCUT2D eigenvalue weighted by molar-refractivity contribution is 0.590. The van der Waals surface area contributed by atoms with Crippen molar-refractivity contribution in [3.05, 3.63) is 208 Å². The molecule has 0 aliphatic heterocycles. The number of anilines is 3. The van der Waals surface area contributed by atoms with Crippen LogP contribution in [0.1, 0.15) is 98.5 Å². The van der Waals surface area contributed by atoms with Crippen molar-refractivity contribution >= 4 is 60.9 Å². The van der Waals surface area contributed by atoms with E-state index in [4.69, 9.17) is 8.83 Å². The summed E-state index contributed by atoms with van der Waals surface area (Å²) in [6.45, 7) is 25.3. The van der Waals surface area contributed by atoms with Gasteiger partial charge < -0.3 is 13.7 Å². The lowest BCUT2D eigenvalue weighted by atomic mass is 9.80. The van der Waals surface area contributed by atoms with Crippen molar-refractivity contribution in [1.29, 1.82) is 0 Å². The van der Waals surface area contributed by atoms with E-state index < -0.39 is 0 Å². The molecule has 3 nitrogen and oxygen atoms in total. The van der Waals surface area contributed by atoms with Crippen molar-refractivity contribution in [1.82, 2.24) is 0 Å². The van der Waals surface area contributed by atoms with Gasteiger partial charge in [0, 0.05) is 60.6 Å². The van der Waals surface area contributed by atoms with Crippen molar-refractivity contribution < 1.29 is 8.83 Å². The molecule has 2 aliphatic rings. The zero-order chi connectivity index (χ0) is 49.0. The Hall–Kier alpha value is -7.62. The van der Waals surface area contributed by atoms with Gasteiger partial charge >= 0.3 is 0 Å². The molecule has 0 atom stereocenters. The number of fused-ring (bicyclic) bond motifs is 14. The van der Waals surface area contributed by atoms with Gasteiger partial charge in [0.25, 0.3) is 0 Å². The molecule has 3 heteroatoms. The molecule has 0 saturated carbocycles. The Morgan fingerprint density at radius 1 is 0.394 bits per heavy atom. The van der Waals surface area contributed by atoms with E-state index in [2.05, 4.69) is 239 Å². The fourth-order valence-corrected chi connectivity index (χ4v) is 12.5. The Morgan fingerprint density at radius 2 is 0.817 bits per heavy atom.